The van der Waals surface area contributed by atoms with Gasteiger partial charge >= 0.3 is 12.1 Å². The summed E-state index contributed by atoms with van der Waals surface area (Å²) in [4.78, 5) is 26.1. The van der Waals surface area contributed by atoms with E-state index in [9.17, 15) is 18.0 Å². The number of aryl methyl sites for hydroxylation is 1. The highest BCUT2D eigenvalue weighted by Crippen LogP contribution is 2.34. The maximum absolute atomic E-state index is 13.6. The maximum atomic E-state index is 13.6. The number of hydrogen-bond acceptors (Lipinski definition) is 11. The number of halogens is 3. The summed E-state index contributed by atoms with van der Waals surface area (Å²) in [6, 6.07) is 7.37. The summed E-state index contributed by atoms with van der Waals surface area (Å²) >= 11 is 0. The number of nitrogens with zero attached hydrogens (tertiary/aromatic N) is 5. The van der Waals surface area contributed by atoms with Gasteiger partial charge in [0.05, 0.1) is 20.8 Å². The van der Waals surface area contributed by atoms with E-state index in [1.807, 2.05) is 0 Å². The predicted molar refractivity (Wildman–Crippen MR) is 159 cm³/mol. The number of alkyl halides is 3. The minimum absolute atomic E-state index is 0.00806. The van der Waals surface area contributed by atoms with Gasteiger partial charge in [-0.3, -0.25) is 0 Å². The Hall–Kier alpha value is -5.34. The fourth-order valence-electron chi connectivity index (χ4n) is 4.12. The van der Waals surface area contributed by atoms with Crippen molar-refractivity contribution in [2.24, 2.45) is 0 Å². The zero-order valence-electron chi connectivity index (χ0n) is 25.3. The third-order valence-electron chi connectivity index (χ3n) is 6.18. The highest BCUT2D eigenvalue weighted by Gasteiger charge is 2.35. The van der Waals surface area contributed by atoms with E-state index in [-0.39, 0.29) is 47.7 Å². The molecule has 4 rings (SSSR count). The van der Waals surface area contributed by atoms with E-state index in [1.54, 1.807) is 32.0 Å². The van der Waals surface area contributed by atoms with Crippen molar-refractivity contribution in [3.05, 3.63) is 72.0 Å². The van der Waals surface area contributed by atoms with Crippen LogP contribution in [0.4, 0.5) is 24.8 Å². The highest BCUT2D eigenvalue weighted by atomic mass is 19.4. The molecule has 15 heteroatoms. The minimum atomic E-state index is -4.70. The van der Waals surface area contributed by atoms with Crippen LogP contribution in [0.25, 0.3) is 16.9 Å². The van der Waals surface area contributed by atoms with Crippen molar-refractivity contribution < 1.29 is 36.9 Å². The second kappa shape index (κ2) is 14.0. The molecule has 0 saturated carbocycles. The molecule has 2 N–H and O–H groups in total. The summed E-state index contributed by atoms with van der Waals surface area (Å²) in [5.74, 6) is 0.325. The number of rotatable bonds is 13. The third-order valence-corrected chi connectivity index (χ3v) is 6.18. The molecule has 0 saturated heterocycles. The van der Waals surface area contributed by atoms with Crippen LogP contribution in [0.5, 0.6) is 17.4 Å². The Kier molecular flexibility index (Phi) is 10.1. The Labute approximate surface area is 257 Å². The smallest absolute Gasteiger partial charge is 0.435 e. The molecule has 0 amide bonds. The molecule has 0 bridgehead atoms. The third kappa shape index (κ3) is 7.99. The molecule has 0 unspecified atom stereocenters. The van der Waals surface area contributed by atoms with Crippen LogP contribution >= 0.6 is 0 Å². The number of hydrogen-bond donors (Lipinski definition) is 2. The molecule has 3 heterocycles. The summed E-state index contributed by atoms with van der Waals surface area (Å²) < 4.78 is 63.5. The van der Waals surface area contributed by atoms with E-state index in [0.717, 1.165) is 16.4 Å². The summed E-state index contributed by atoms with van der Waals surface area (Å²) in [7, 11) is 2.99. The molecule has 1 aromatic carbocycles. The van der Waals surface area contributed by atoms with Gasteiger partial charge in [-0.2, -0.15) is 23.3 Å². The lowest BCUT2D eigenvalue weighted by Crippen LogP contribution is -2.20. The van der Waals surface area contributed by atoms with E-state index in [4.69, 9.17) is 18.9 Å². The Morgan fingerprint density at radius 3 is 2.36 bits per heavy atom. The number of anilines is 2. The lowest BCUT2D eigenvalue weighted by molar-refractivity contribution is -0.141. The first-order valence-electron chi connectivity index (χ1n) is 13.6. The van der Waals surface area contributed by atoms with Gasteiger partial charge < -0.3 is 29.6 Å². The maximum Gasteiger partial charge on any atom is 0.435 e. The Morgan fingerprint density at radius 1 is 1.04 bits per heavy atom. The van der Waals surface area contributed by atoms with Gasteiger partial charge in [-0.05, 0) is 32.9 Å². The number of carbonyl (C=O) groups is 1. The van der Waals surface area contributed by atoms with E-state index < -0.39 is 17.8 Å². The van der Waals surface area contributed by atoms with Gasteiger partial charge in [-0.1, -0.05) is 6.58 Å². The molecular weight excluding hydrogens is 595 g/mol. The molecule has 0 spiro atoms. The normalized spacial score (nSPS) is 11.1. The molecule has 0 radical (unpaired) electrons. The zero-order chi connectivity index (χ0) is 32.7. The zero-order valence-corrected chi connectivity index (χ0v) is 25.3. The van der Waals surface area contributed by atoms with Crippen LogP contribution in [-0.4, -0.2) is 64.7 Å². The van der Waals surface area contributed by atoms with Gasteiger partial charge in [0.25, 0.3) is 0 Å². The first-order chi connectivity index (χ1) is 21.4. The van der Waals surface area contributed by atoms with Crippen LogP contribution in [0, 0.1) is 6.92 Å². The molecule has 4 aromatic rings. The number of ether oxygens (including phenoxy) is 4. The molecular formula is C30H32F3N7O5. The van der Waals surface area contributed by atoms with Crippen LogP contribution in [0.15, 0.2) is 55.0 Å². The fraction of sp³-hybridized carbons (Fsp3) is 0.300. The number of methoxy groups -OCH3 is 2. The van der Waals surface area contributed by atoms with Crippen molar-refractivity contribution in [2.75, 3.05) is 39.3 Å². The van der Waals surface area contributed by atoms with Gasteiger partial charge in [0, 0.05) is 65.3 Å². The topological polar surface area (TPSA) is 135 Å². The number of carbonyl (C=O) groups excluding carboxylic acids is 1. The number of nitrogens with one attached hydrogen (secondary N) is 2. The molecule has 3 aromatic heterocycles. The number of aromatic nitrogens is 5. The van der Waals surface area contributed by atoms with Gasteiger partial charge in [0.2, 0.25) is 11.8 Å². The van der Waals surface area contributed by atoms with Crippen LogP contribution in [0.2, 0.25) is 0 Å². The van der Waals surface area contributed by atoms with Crippen molar-refractivity contribution in [3.8, 4) is 34.3 Å². The molecule has 45 heavy (non-hydrogen) atoms. The Morgan fingerprint density at radius 2 is 1.76 bits per heavy atom. The molecule has 0 aliphatic carbocycles. The first-order valence-corrected chi connectivity index (χ1v) is 13.6. The van der Waals surface area contributed by atoms with E-state index >= 15 is 0 Å². The van der Waals surface area contributed by atoms with Crippen molar-refractivity contribution in [2.45, 2.75) is 26.9 Å². The van der Waals surface area contributed by atoms with Crippen molar-refractivity contribution in [1.29, 1.82) is 0 Å². The average molecular weight is 628 g/mol. The summed E-state index contributed by atoms with van der Waals surface area (Å²) in [6.07, 6.45) is -1.91. The number of pyridine rings is 1. The largest absolute Gasteiger partial charge is 0.497 e. The monoisotopic (exact) mass is 627 g/mol. The second-order valence-corrected chi connectivity index (χ2v) is 9.59. The van der Waals surface area contributed by atoms with Crippen LogP contribution < -0.4 is 24.8 Å². The molecule has 0 aliphatic heterocycles. The molecule has 0 atom stereocenters. The fourth-order valence-corrected chi connectivity index (χ4v) is 4.12. The number of benzene rings is 1. The Balaban J connectivity index is 1.83. The predicted octanol–water partition coefficient (Wildman–Crippen LogP) is 5.49. The molecule has 12 nitrogen and oxygen atoms in total. The minimum Gasteiger partial charge on any atom is -0.497 e. The van der Waals surface area contributed by atoms with Gasteiger partial charge in [-0.15, -0.1) is 0 Å². The lowest BCUT2D eigenvalue weighted by Gasteiger charge is -2.15. The quantitative estimate of drug-likeness (QED) is 0.144. The van der Waals surface area contributed by atoms with Crippen LogP contribution in [0.3, 0.4) is 0 Å². The molecule has 0 fully saturated rings. The van der Waals surface area contributed by atoms with Crippen molar-refractivity contribution in [3.63, 3.8) is 0 Å². The SMILES string of the molecule is C=C(C)NCCOc1ncc(-c2cnc(Nc3cc(OC)cc(OC)c3)nc2-n2nc(C(F)(F)F)cc2C)cc1C(=O)OCC. The van der Waals surface area contributed by atoms with Gasteiger partial charge in [0.1, 0.15) is 23.7 Å². The standard InChI is InChI=1S/C30H32F3N7O5/c1-7-44-28(41)23-11-19(15-35-27(23)45-9-8-34-17(2)3)24-16-36-29(37-20-12-21(42-5)14-22(13-20)43-6)38-26(24)40-18(4)10-25(39-40)30(31,32)33/h10-16,34H,2,7-9H2,1,3-6H3,(H,36,37,38). The summed E-state index contributed by atoms with van der Waals surface area (Å²) in [6.45, 7) is 9.35. The van der Waals surface area contributed by atoms with E-state index in [2.05, 4.69) is 37.3 Å². The Bertz CT molecular complexity index is 1670. The van der Waals surface area contributed by atoms with Crippen LogP contribution in [0.1, 0.15) is 35.6 Å². The molecule has 0 aliphatic rings. The first kappa shape index (κ1) is 32.6. The number of esters is 1. The number of allylic oxidation sites excluding steroid dienone is 1. The summed E-state index contributed by atoms with van der Waals surface area (Å²) in [5.41, 5.74) is 0.831. The van der Waals surface area contributed by atoms with Crippen molar-refractivity contribution >= 4 is 17.6 Å². The highest BCUT2D eigenvalue weighted by molar-refractivity contribution is 5.93. The van der Waals surface area contributed by atoms with E-state index in [0.29, 0.717) is 29.3 Å². The van der Waals surface area contributed by atoms with Crippen molar-refractivity contribution in [1.82, 2.24) is 30.0 Å². The lowest BCUT2D eigenvalue weighted by atomic mass is 10.1. The van der Waals surface area contributed by atoms with Gasteiger partial charge in [-0.25, -0.2) is 19.4 Å². The average Bonchev–Trinajstić information content (AvgIpc) is 3.41. The second-order valence-electron chi connectivity index (χ2n) is 9.59. The van der Waals surface area contributed by atoms with E-state index in [1.165, 1.54) is 39.6 Å². The van der Waals surface area contributed by atoms with Crippen LogP contribution in [-0.2, 0) is 10.9 Å². The summed E-state index contributed by atoms with van der Waals surface area (Å²) in [5, 5.41) is 9.83. The molecule has 238 valence electrons. The van der Waals surface area contributed by atoms with Gasteiger partial charge in [0.15, 0.2) is 11.5 Å².